The summed E-state index contributed by atoms with van der Waals surface area (Å²) in [5, 5.41) is 14.2. The number of nitrogens with one attached hydrogen (secondary N) is 1. The van der Waals surface area contributed by atoms with Crippen LogP contribution in [0.4, 0.5) is 0 Å². The van der Waals surface area contributed by atoms with Gasteiger partial charge < -0.3 is 24.6 Å². The number of ether oxygens (including phenoxy) is 3. The second-order valence-electron chi connectivity index (χ2n) is 6.98. The predicted octanol–water partition coefficient (Wildman–Crippen LogP) is 2.98. The number of benzene rings is 1. The highest BCUT2D eigenvalue weighted by atomic mass is 16.5. The van der Waals surface area contributed by atoms with Crippen LogP contribution in [0.1, 0.15) is 45.6 Å². The maximum atomic E-state index is 12.3. The molecule has 28 heavy (non-hydrogen) atoms. The molecule has 2 N–H and O–H groups in total. The molecular weight excluding hydrogens is 358 g/mol. The molecule has 6 nitrogen and oxygen atoms in total. The summed E-state index contributed by atoms with van der Waals surface area (Å²) < 4.78 is 16.4. The fourth-order valence-electron chi connectivity index (χ4n) is 3.34. The third kappa shape index (κ3) is 6.06. The summed E-state index contributed by atoms with van der Waals surface area (Å²) >= 11 is 0. The van der Waals surface area contributed by atoms with Crippen LogP contribution in [0.2, 0.25) is 0 Å². The van der Waals surface area contributed by atoms with E-state index in [9.17, 15) is 9.90 Å². The Bertz CT molecular complexity index is 639. The number of aliphatic hydroxyl groups is 1. The molecule has 0 saturated heterocycles. The van der Waals surface area contributed by atoms with Gasteiger partial charge in [0.25, 0.3) is 0 Å². The number of esters is 1. The SMILES string of the molecule is CCOC(=O)C1=C[C@@H](OC(CC)CC)[C@@H](O)[C@H](NCc2ccc(OC)cc2)C1. The first-order valence-corrected chi connectivity index (χ1v) is 10.1. The van der Waals surface area contributed by atoms with E-state index < -0.39 is 12.2 Å². The van der Waals surface area contributed by atoms with Crippen LogP contribution in [0, 0.1) is 0 Å². The highest BCUT2D eigenvalue weighted by Gasteiger charge is 2.35. The minimum atomic E-state index is -0.739. The van der Waals surface area contributed by atoms with Crippen molar-refractivity contribution in [1.29, 1.82) is 0 Å². The molecule has 156 valence electrons. The van der Waals surface area contributed by atoms with Crippen LogP contribution in [-0.4, -0.2) is 49.1 Å². The number of hydrogen-bond acceptors (Lipinski definition) is 6. The summed E-state index contributed by atoms with van der Waals surface area (Å²) in [5.74, 6) is 0.455. The van der Waals surface area contributed by atoms with Crippen molar-refractivity contribution >= 4 is 5.97 Å². The Morgan fingerprint density at radius 3 is 2.46 bits per heavy atom. The molecule has 2 rings (SSSR count). The Labute approximate surface area is 167 Å². The predicted molar refractivity (Wildman–Crippen MR) is 108 cm³/mol. The van der Waals surface area contributed by atoms with E-state index in [1.165, 1.54) is 0 Å². The lowest BCUT2D eigenvalue weighted by molar-refractivity contribution is -0.139. The van der Waals surface area contributed by atoms with E-state index in [4.69, 9.17) is 14.2 Å². The molecule has 0 saturated carbocycles. The van der Waals surface area contributed by atoms with Gasteiger partial charge in [0.05, 0.1) is 25.9 Å². The first-order valence-electron chi connectivity index (χ1n) is 10.1. The Balaban J connectivity index is 2.10. The lowest BCUT2D eigenvalue weighted by Crippen LogP contribution is -2.50. The lowest BCUT2D eigenvalue weighted by Gasteiger charge is -2.35. The van der Waals surface area contributed by atoms with Crippen LogP contribution in [0.25, 0.3) is 0 Å². The molecule has 0 amide bonds. The molecule has 0 fully saturated rings. The van der Waals surface area contributed by atoms with Crippen molar-refractivity contribution in [3.8, 4) is 5.75 Å². The second kappa shape index (κ2) is 11.2. The number of hydrogen-bond donors (Lipinski definition) is 2. The standard InChI is InChI=1S/C22H33NO5/c1-5-17(6-2)28-20-13-16(22(25)27-7-3)12-19(21(20)24)23-14-15-8-10-18(26-4)11-9-15/h8-11,13,17,19-21,23-24H,5-7,12,14H2,1-4H3/t19-,20-,21+/m1/s1. The van der Waals surface area contributed by atoms with Crippen molar-refractivity contribution < 1.29 is 24.1 Å². The average molecular weight is 392 g/mol. The van der Waals surface area contributed by atoms with Crippen molar-refractivity contribution in [2.45, 2.75) is 70.9 Å². The van der Waals surface area contributed by atoms with Crippen LogP contribution in [0.3, 0.4) is 0 Å². The molecule has 1 aromatic rings. The monoisotopic (exact) mass is 391 g/mol. The van der Waals surface area contributed by atoms with Gasteiger partial charge in [-0.25, -0.2) is 4.79 Å². The summed E-state index contributed by atoms with van der Waals surface area (Å²) in [4.78, 5) is 12.3. The topological polar surface area (TPSA) is 77.0 Å². The first kappa shape index (κ1) is 22.4. The van der Waals surface area contributed by atoms with Gasteiger partial charge in [0.15, 0.2) is 0 Å². The van der Waals surface area contributed by atoms with E-state index in [2.05, 4.69) is 19.2 Å². The molecule has 0 heterocycles. The first-order chi connectivity index (χ1) is 13.5. The van der Waals surface area contributed by atoms with Gasteiger partial charge in [-0.3, -0.25) is 0 Å². The van der Waals surface area contributed by atoms with Gasteiger partial charge in [0, 0.05) is 18.2 Å². The number of methoxy groups -OCH3 is 1. The number of rotatable bonds is 10. The quantitative estimate of drug-likeness (QED) is 0.597. The molecule has 0 aromatic heterocycles. The van der Waals surface area contributed by atoms with E-state index in [1.54, 1.807) is 20.1 Å². The summed E-state index contributed by atoms with van der Waals surface area (Å²) in [7, 11) is 1.63. The minimum absolute atomic E-state index is 0.0414. The fraction of sp³-hybridized carbons (Fsp3) is 0.591. The lowest BCUT2D eigenvalue weighted by atomic mass is 9.89. The van der Waals surface area contributed by atoms with Crippen molar-refractivity contribution in [2.24, 2.45) is 0 Å². The van der Waals surface area contributed by atoms with Gasteiger partial charge in [0.2, 0.25) is 0 Å². The van der Waals surface area contributed by atoms with E-state index >= 15 is 0 Å². The van der Waals surface area contributed by atoms with Crippen LogP contribution in [0.5, 0.6) is 5.75 Å². The highest BCUT2D eigenvalue weighted by Crippen LogP contribution is 2.25. The van der Waals surface area contributed by atoms with Gasteiger partial charge >= 0.3 is 5.97 Å². The Kier molecular flexibility index (Phi) is 8.96. The largest absolute Gasteiger partial charge is 0.497 e. The van der Waals surface area contributed by atoms with Crippen molar-refractivity contribution in [3.63, 3.8) is 0 Å². The molecule has 0 unspecified atom stereocenters. The zero-order chi connectivity index (χ0) is 20.5. The van der Waals surface area contributed by atoms with E-state index in [1.807, 2.05) is 24.3 Å². The molecule has 6 heteroatoms. The summed E-state index contributed by atoms with van der Waals surface area (Å²) in [6.45, 7) is 6.78. The Hall–Kier alpha value is -1.89. The number of carbonyl (C=O) groups excluding carboxylic acids is 1. The molecule has 0 aliphatic heterocycles. The average Bonchev–Trinajstić information content (AvgIpc) is 2.72. The van der Waals surface area contributed by atoms with Crippen molar-refractivity contribution in [2.75, 3.05) is 13.7 Å². The molecule has 1 aliphatic carbocycles. The molecule has 0 radical (unpaired) electrons. The maximum Gasteiger partial charge on any atom is 0.333 e. The minimum Gasteiger partial charge on any atom is -0.497 e. The molecular formula is C22H33NO5. The molecule has 3 atom stereocenters. The fourth-order valence-corrected chi connectivity index (χ4v) is 3.34. The third-order valence-corrected chi connectivity index (χ3v) is 5.08. The molecule has 1 aromatic carbocycles. The van der Waals surface area contributed by atoms with E-state index in [-0.39, 0.29) is 18.1 Å². The Morgan fingerprint density at radius 2 is 1.89 bits per heavy atom. The maximum absolute atomic E-state index is 12.3. The smallest absolute Gasteiger partial charge is 0.333 e. The van der Waals surface area contributed by atoms with E-state index in [0.717, 1.165) is 24.2 Å². The zero-order valence-electron chi connectivity index (χ0n) is 17.3. The highest BCUT2D eigenvalue weighted by molar-refractivity contribution is 5.89. The molecule has 0 bridgehead atoms. The summed E-state index contributed by atoms with van der Waals surface area (Å²) in [5.41, 5.74) is 1.62. The number of aliphatic hydroxyl groups excluding tert-OH is 1. The third-order valence-electron chi connectivity index (χ3n) is 5.08. The van der Waals surface area contributed by atoms with Gasteiger partial charge in [-0.05, 0) is 50.0 Å². The normalized spacial score (nSPS) is 22.1. The van der Waals surface area contributed by atoms with Gasteiger partial charge in [-0.2, -0.15) is 0 Å². The van der Waals surface area contributed by atoms with E-state index in [0.29, 0.717) is 25.1 Å². The number of carbonyl (C=O) groups is 1. The summed E-state index contributed by atoms with van der Waals surface area (Å²) in [6.07, 6.45) is 2.60. The van der Waals surface area contributed by atoms with Crippen LogP contribution in [0.15, 0.2) is 35.9 Å². The van der Waals surface area contributed by atoms with Crippen LogP contribution in [-0.2, 0) is 20.8 Å². The van der Waals surface area contributed by atoms with Gasteiger partial charge in [-0.1, -0.05) is 26.0 Å². The Morgan fingerprint density at radius 1 is 1.21 bits per heavy atom. The van der Waals surface area contributed by atoms with Gasteiger partial charge in [0.1, 0.15) is 11.9 Å². The zero-order valence-corrected chi connectivity index (χ0v) is 17.3. The molecule has 1 aliphatic rings. The van der Waals surface area contributed by atoms with Crippen molar-refractivity contribution in [1.82, 2.24) is 5.32 Å². The second-order valence-corrected chi connectivity index (χ2v) is 6.98. The summed E-state index contributed by atoms with van der Waals surface area (Å²) in [6, 6.07) is 7.45. The van der Waals surface area contributed by atoms with Crippen molar-refractivity contribution in [3.05, 3.63) is 41.5 Å². The molecule has 0 spiro atoms. The van der Waals surface area contributed by atoms with Crippen LogP contribution >= 0.6 is 0 Å². The van der Waals surface area contributed by atoms with Gasteiger partial charge in [-0.15, -0.1) is 0 Å². The van der Waals surface area contributed by atoms with Crippen LogP contribution < -0.4 is 10.1 Å².